The summed E-state index contributed by atoms with van der Waals surface area (Å²) in [5, 5.41) is 0. The highest BCUT2D eigenvalue weighted by molar-refractivity contribution is 7.93. The largest absolute Gasteiger partial charge is 0.465 e. The maximum Gasteiger partial charge on any atom is 0.327 e. The average molecular weight is 474 g/mol. The Morgan fingerprint density at radius 2 is 1.70 bits per heavy atom. The second kappa shape index (κ2) is 8.53. The Balaban J connectivity index is 1.37. The first-order valence-corrected chi connectivity index (χ1v) is 12.7. The predicted molar refractivity (Wildman–Crippen MR) is 119 cm³/mol. The van der Waals surface area contributed by atoms with Gasteiger partial charge in [0.05, 0.1) is 11.5 Å². The summed E-state index contributed by atoms with van der Waals surface area (Å²) in [6.07, 6.45) is 2.76. The highest BCUT2D eigenvalue weighted by atomic mass is 32.2. The van der Waals surface area contributed by atoms with Crippen LogP contribution in [0.5, 0.6) is 23.0 Å². The monoisotopic (exact) mass is 473 g/mol. The van der Waals surface area contributed by atoms with Crippen LogP contribution in [-0.4, -0.2) is 56.6 Å². The van der Waals surface area contributed by atoms with Crippen molar-refractivity contribution in [3.63, 3.8) is 0 Å². The van der Waals surface area contributed by atoms with Crippen LogP contribution >= 0.6 is 0 Å². The maximum absolute atomic E-state index is 13.7. The van der Waals surface area contributed by atoms with Crippen molar-refractivity contribution in [2.75, 3.05) is 26.5 Å². The van der Waals surface area contributed by atoms with Crippen LogP contribution in [-0.2, 0) is 19.4 Å². The highest BCUT2D eigenvalue weighted by Gasteiger charge is 2.55. The first-order valence-electron chi connectivity index (χ1n) is 11.3. The smallest absolute Gasteiger partial charge is 0.327 e. The molecule has 0 amide bonds. The van der Waals surface area contributed by atoms with Crippen LogP contribution < -0.4 is 14.2 Å². The van der Waals surface area contributed by atoms with E-state index in [9.17, 15) is 13.2 Å². The molecule has 1 saturated carbocycles. The maximum atomic E-state index is 13.7. The average Bonchev–Trinajstić information content (AvgIpc) is 3.57. The molecule has 0 radical (unpaired) electrons. The molecule has 2 fully saturated rings. The lowest BCUT2D eigenvalue weighted by atomic mass is 9.95. The molecule has 5 rings (SSSR count). The van der Waals surface area contributed by atoms with E-state index in [1.165, 1.54) is 12.1 Å². The minimum atomic E-state index is -3.96. The van der Waals surface area contributed by atoms with E-state index in [2.05, 4.69) is 4.90 Å². The molecule has 1 saturated heterocycles. The number of carbonyl (C=O) groups is 1. The minimum Gasteiger partial charge on any atom is -0.465 e. The predicted octanol–water partition coefficient (Wildman–Crippen LogP) is 3.54. The van der Waals surface area contributed by atoms with Crippen molar-refractivity contribution in [1.29, 1.82) is 0 Å². The third kappa shape index (κ3) is 4.04. The number of carbonyl (C=O) groups excluding carboxylic acids is 1. The molecule has 0 aromatic heterocycles. The molecule has 0 spiro atoms. The van der Waals surface area contributed by atoms with Gasteiger partial charge in [0.1, 0.15) is 11.5 Å². The summed E-state index contributed by atoms with van der Waals surface area (Å²) in [5.74, 6) is 1.62. The molecular weight excluding hydrogens is 446 g/mol. The normalized spacial score (nSPS) is 19.8. The molecule has 0 bridgehead atoms. The number of likely N-dealkylation sites (tertiary alicyclic amines) is 1. The van der Waals surface area contributed by atoms with Gasteiger partial charge in [0.25, 0.3) is 0 Å². The van der Waals surface area contributed by atoms with Gasteiger partial charge in [-0.25, -0.2) is 8.42 Å². The molecule has 33 heavy (non-hydrogen) atoms. The van der Waals surface area contributed by atoms with Gasteiger partial charge in [0.2, 0.25) is 6.79 Å². The van der Waals surface area contributed by atoms with Crippen LogP contribution in [0.4, 0.5) is 0 Å². The lowest BCUT2D eigenvalue weighted by Crippen LogP contribution is -2.55. The number of fused-ring (bicyclic) bond motifs is 1. The standard InChI is InChI=1S/C24H27NO7S/c1-2-29-23(26)24(11-13-25(14-12-24)17-3-4-17)33(27,28)20-8-5-18(6-9-20)32-19-7-10-21-22(15-19)31-16-30-21/h5-10,15,17H,2-4,11-14,16H2,1H3. The Hall–Kier alpha value is -2.78. The summed E-state index contributed by atoms with van der Waals surface area (Å²) in [6, 6.07) is 11.9. The fraction of sp³-hybridized carbons (Fsp3) is 0.458. The van der Waals surface area contributed by atoms with Crippen LogP contribution in [0, 0.1) is 0 Å². The minimum absolute atomic E-state index is 0.0912. The number of rotatable bonds is 7. The zero-order chi connectivity index (χ0) is 23.1. The van der Waals surface area contributed by atoms with Gasteiger partial charge in [-0.1, -0.05) is 0 Å². The lowest BCUT2D eigenvalue weighted by molar-refractivity contribution is -0.147. The second-order valence-corrected chi connectivity index (χ2v) is 10.8. The lowest BCUT2D eigenvalue weighted by Gasteiger charge is -2.39. The first kappa shape index (κ1) is 22.0. The molecule has 1 aliphatic carbocycles. The van der Waals surface area contributed by atoms with E-state index in [0.29, 0.717) is 42.1 Å². The molecule has 2 aromatic rings. The Morgan fingerprint density at radius 1 is 1.03 bits per heavy atom. The summed E-state index contributed by atoms with van der Waals surface area (Å²) in [7, 11) is -3.96. The van der Waals surface area contributed by atoms with Crippen molar-refractivity contribution >= 4 is 15.8 Å². The van der Waals surface area contributed by atoms with Crippen molar-refractivity contribution in [2.45, 2.75) is 48.3 Å². The number of piperidine rings is 1. The first-order chi connectivity index (χ1) is 15.9. The number of nitrogens with zero attached hydrogens (tertiary/aromatic N) is 1. The van der Waals surface area contributed by atoms with Crippen LogP contribution in [0.15, 0.2) is 47.4 Å². The number of sulfone groups is 1. The molecule has 2 aromatic carbocycles. The van der Waals surface area contributed by atoms with Crippen molar-refractivity contribution in [3.8, 4) is 23.0 Å². The fourth-order valence-corrected chi connectivity index (χ4v) is 6.47. The Kier molecular flexibility index (Phi) is 5.70. The molecule has 0 N–H and O–H groups in total. The van der Waals surface area contributed by atoms with Crippen LogP contribution in [0.2, 0.25) is 0 Å². The third-order valence-corrected chi connectivity index (χ3v) is 9.04. The van der Waals surface area contributed by atoms with E-state index < -0.39 is 20.6 Å². The van der Waals surface area contributed by atoms with E-state index in [1.54, 1.807) is 37.3 Å². The van der Waals surface area contributed by atoms with Gasteiger partial charge in [0.15, 0.2) is 26.1 Å². The molecule has 2 heterocycles. The number of hydrogen-bond donors (Lipinski definition) is 0. The van der Waals surface area contributed by atoms with Gasteiger partial charge < -0.3 is 23.8 Å². The van der Waals surface area contributed by atoms with Crippen molar-refractivity contribution < 1.29 is 32.2 Å². The summed E-state index contributed by atoms with van der Waals surface area (Å²) in [4.78, 5) is 15.3. The van der Waals surface area contributed by atoms with E-state index in [-0.39, 0.29) is 31.1 Å². The number of benzene rings is 2. The summed E-state index contributed by atoms with van der Waals surface area (Å²) < 4.78 is 47.7. The number of esters is 1. The SMILES string of the molecule is CCOC(=O)C1(S(=O)(=O)c2ccc(Oc3ccc4c(c3)OCO4)cc2)CCN(C2CC2)CC1. The van der Waals surface area contributed by atoms with Gasteiger partial charge in [-0.05, 0) is 69.0 Å². The summed E-state index contributed by atoms with van der Waals surface area (Å²) >= 11 is 0. The summed E-state index contributed by atoms with van der Waals surface area (Å²) in [6.45, 7) is 3.17. The van der Waals surface area contributed by atoms with Crippen molar-refractivity contribution in [2.24, 2.45) is 0 Å². The molecule has 8 nitrogen and oxygen atoms in total. The van der Waals surface area contributed by atoms with E-state index in [1.807, 2.05) is 0 Å². The number of hydrogen-bond acceptors (Lipinski definition) is 8. The van der Waals surface area contributed by atoms with Crippen LogP contribution in [0.25, 0.3) is 0 Å². The zero-order valence-corrected chi connectivity index (χ0v) is 19.3. The highest BCUT2D eigenvalue weighted by Crippen LogP contribution is 2.41. The Morgan fingerprint density at radius 3 is 2.36 bits per heavy atom. The quantitative estimate of drug-likeness (QED) is 0.564. The van der Waals surface area contributed by atoms with Crippen LogP contribution in [0.3, 0.4) is 0 Å². The Bertz CT molecular complexity index is 1130. The van der Waals surface area contributed by atoms with Gasteiger partial charge in [-0.3, -0.25) is 4.79 Å². The fourth-order valence-electron chi connectivity index (χ4n) is 4.52. The number of ether oxygens (including phenoxy) is 4. The van der Waals surface area contributed by atoms with Crippen molar-refractivity contribution in [1.82, 2.24) is 4.90 Å². The molecule has 0 unspecified atom stereocenters. The topological polar surface area (TPSA) is 91.4 Å². The van der Waals surface area contributed by atoms with E-state index in [0.717, 1.165) is 12.8 Å². The molecular formula is C24H27NO7S. The van der Waals surface area contributed by atoms with E-state index in [4.69, 9.17) is 18.9 Å². The van der Waals surface area contributed by atoms with Gasteiger partial charge in [0, 0.05) is 25.2 Å². The molecule has 0 atom stereocenters. The molecule has 176 valence electrons. The molecule has 3 aliphatic rings. The zero-order valence-electron chi connectivity index (χ0n) is 18.5. The summed E-state index contributed by atoms with van der Waals surface area (Å²) in [5.41, 5.74) is 0. The van der Waals surface area contributed by atoms with Gasteiger partial charge in [-0.2, -0.15) is 0 Å². The third-order valence-electron chi connectivity index (χ3n) is 6.54. The Labute approximate surface area is 193 Å². The van der Waals surface area contributed by atoms with Gasteiger partial charge in [-0.15, -0.1) is 0 Å². The van der Waals surface area contributed by atoms with Crippen LogP contribution in [0.1, 0.15) is 32.6 Å². The molecule has 2 aliphatic heterocycles. The second-order valence-electron chi connectivity index (χ2n) is 8.57. The van der Waals surface area contributed by atoms with Crippen molar-refractivity contribution in [3.05, 3.63) is 42.5 Å². The van der Waals surface area contributed by atoms with E-state index >= 15 is 0 Å². The molecule has 9 heteroatoms. The van der Waals surface area contributed by atoms with Gasteiger partial charge >= 0.3 is 5.97 Å².